The molecule has 0 saturated heterocycles. The summed E-state index contributed by atoms with van der Waals surface area (Å²) < 4.78 is 7.02. The molecule has 0 radical (unpaired) electrons. The molecule has 0 N–H and O–H groups in total. The van der Waals surface area contributed by atoms with Crippen LogP contribution in [-0.4, -0.2) is 35.1 Å². The van der Waals surface area contributed by atoms with Crippen LogP contribution >= 0.6 is 0 Å². The zero-order chi connectivity index (χ0) is 23.1. The second kappa shape index (κ2) is 8.35. The molecule has 1 aliphatic carbocycles. The van der Waals surface area contributed by atoms with E-state index in [1.54, 1.807) is 12.1 Å². The number of hydrogen-bond acceptors (Lipinski definition) is 4. The number of nitrogens with zero attached hydrogens (tertiary/aromatic N) is 3. The highest BCUT2D eigenvalue weighted by Crippen LogP contribution is 2.53. The van der Waals surface area contributed by atoms with Gasteiger partial charge in [0.25, 0.3) is 5.91 Å². The summed E-state index contributed by atoms with van der Waals surface area (Å²) in [6.07, 6.45) is 4.65. The van der Waals surface area contributed by atoms with E-state index in [-0.39, 0.29) is 11.9 Å². The number of amides is 1. The van der Waals surface area contributed by atoms with Crippen molar-refractivity contribution >= 4 is 28.7 Å². The number of carbonyl (C=O) groups is 2. The molecule has 0 bridgehead atoms. The first-order valence-electron chi connectivity index (χ1n) is 11.5. The number of aromatic nitrogens is 2. The van der Waals surface area contributed by atoms with Crippen molar-refractivity contribution in [3.05, 3.63) is 82.4 Å². The average molecular weight is 442 g/mol. The van der Waals surface area contributed by atoms with E-state index >= 15 is 0 Å². The third-order valence-electron chi connectivity index (χ3n) is 6.39. The van der Waals surface area contributed by atoms with Crippen LogP contribution in [0.15, 0.2) is 48.7 Å². The minimum Gasteiger partial charge on any atom is -0.465 e. The van der Waals surface area contributed by atoms with Gasteiger partial charge in [-0.3, -0.25) is 4.79 Å². The number of ether oxygens (including phenoxy) is 1. The van der Waals surface area contributed by atoms with E-state index < -0.39 is 0 Å². The average Bonchev–Trinajstić information content (AvgIpc) is 3.31. The maximum absolute atomic E-state index is 13.3. The van der Waals surface area contributed by atoms with Gasteiger partial charge in [0.15, 0.2) is 0 Å². The summed E-state index contributed by atoms with van der Waals surface area (Å²) in [7, 11) is 1.38. The lowest BCUT2D eigenvalue weighted by atomic mass is 9.79. The molecule has 1 aliphatic heterocycles. The molecule has 0 unspecified atom stereocenters. The fourth-order valence-corrected chi connectivity index (χ4v) is 4.86. The molecule has 0 spiro atoms. The third-order valence-corrected chi connectivity index (χ3v) is 6.39. The topological polar surface area (TPSA) is 64.4 Å². The van der Waals surface area contributed by atoms with Crippen LogP contribution in [0.2, 0.25) is 0 Å². The summed E-state index contributed by atoms with van der Waals surface area (Å²) in [6.45, 7) is 5.57. The zero-order valence-corrected chi connectivity index (χ0v) is 19.2. The Kier molecular flexibility index (Phi) is 5.36. The summed E-state index contributed by atoms with van der Waals surface area (Å²) >= 11 is 0. The number of rotatable bonds is 8. The number of carbonyl (C=O) groups excluding carboxylic acids is 2. The Bertz CT molecular complexity index is 1280. The van der Waals surface area contributed by atoms with Gasteiger partial charge in [-0.25, -0.2) is 9.78 Å². The van der Waals surface area contributed by atoms with Crippen LogP contribution in [0.25, 0.3) is 11.1 Å². The van der Waals surface area contributed by atoms with Gasteiger partial charge in [-0.1, -0.05) is 38.1 Å². The van der Waals surface area contributed by atoms with Crippen molar-refractivity contribution < 1.29 is 14.3 Å². The van der Waals surface area contributed by atoms with Crippen LogP contribution in [0.5, 0.6) is 0 Å². The molecule has 3 aromatic rings. The van der Waals surface area contributed by atoms with E-state index in [1.807, 2.05) is 35.4 Å². The van der Waals surface area contributed by atoms with Crippen LogP contribution in [0.4, 0.5) is 5.69 Å². The third kappa shape index (κ3) is 3.28. The summed E-state index contributed by atoms with van der Waals surface area (Å²) in [4.78, 5) is 31.7. The monoisotopic (exact) mass is 441 g/mol. The molecule has 33 heavy (non-hydrogen) atoms. The SMILES string of the molecule is CCCc1ncc(C2=C3C(=O)N(CCC)c4cccc2c43)n1Cc1ccc(C(=O)OC)cc1. The lowest BCUT2D eigenvalue weighted by molar-refractivity contribution is -0.113. The summed E-state index contributed by atoms with van der Waals surface area (Å²) in [5, 5.41) is 0. The Morgan fingerprint density at radius 1 is 1.03 bits per heavy atom. The largest absolute Gasteiger partial charge is 0.465 e. The van der Waals surface area contributed by atoms with E-state index in [1.165, 1.54) is 7.11 Å². The summed E-state index contributed by atoms with van der Waals surface area (Å²) in [5.74, 6) is 0.743. The molecule has 5 rings (SSSR count). The second-order valence-corrected chi connectivity index (χ2v) is 8.49. The fraction of sp³-hybridized carbons (Fsp3) is 0.296. The van der Waals surface area contributed by atoms with Crippen LogP contribution in [0.1, 0.15) is 65.3 Å². The van der Waals surface area contributed by atoms with E-state index in [0.717, 1.165) is 70.8 Å². The Labute approximate surface area is 193 Å². The number of methoxy groups -OCH3 is 1. The van der Waals surface area contributed by atoms with E-state index in [0.29, 0.717) is 12.1 Å². The first kappa shape index (κ1) is 21.2. The lowest BCUT2D eigenvalue weighted by Gasteiger charge is -2.24. The normalized spacial score (nSPS) is 13.9. The highest BCUT2D eigenvalue weighted by Gasteiger charge is 2.44. The molecule has 6 nitrogen and oxygen atoms in total. The lowest BCUT2D eigenvalue weighted by Crippen LogP contribution is -2.27. The number of aryl methyl sites for hydroxylation is 1. The van der Waals surface area contributed by atoms with Gasteiger partial charge in [0.05, 0.1) is 35.8 Å². The fourth-order valence-electron chi connectivity index (χ4n) is 4.86. The zero-order valence-electron chi connectivity index (χ0n) is 19.2. The molecule has 2 aromatic carbocycles. The number of esters is 1. The molecule has 2 heterocycles. The first-order chi connectivity index (χ1) is 16.1. The van der Waals surface area contributed by atoms with Gasteiger partial charge in [0.1, 0.15) is 5.82 Å². The van der Waals surface area contributed by atoms with Crippen molar-refractivity contribution in [3.8, 4) is 0 Å². The van der Waals surface area contributed by atoms with Crippen LogP contribution in [0.3, 0.4) is 0 Å². The van der Waals surface area contributed by atoms with Gasteiger partial charge in [-0.2, -0.15) is 0 Å². The van der Waals surface area contributed by atoms with Crippen LogP contribution in [0, 0.1) is 0 Å². The molecular weight excluding hydrogens is 414 g/mol. The maximum Gasteiger partial charge on any atom is 0.337 e. The smallest absolute Gasteiger partial charge is 0.337 e. The summed E-state index contributed by atoms with van der Waals surface area (Å²) in [5.41, 5.74) is 7.61. The molecule has 0 atom stereocenters. The van der Waals surface area contributed by atoms with Crippen molar-refractivity contribution in [2.24, 2.45) is 0 Å². The second-order valence-electron chi connectivity index (χ2n) is 8.49. The standard InChI is InChI=1S/C27H27N3O3/c1-4-7-22-28-15-21(30(22)16-17-10-12-18(13-11-17)27(32)33-3)24-19-8-6-9-20-23(19)25(24)26(31)29(20)14-5-2/h6,8-13,15H,4-5,7,14,16H2,1-3H3. The molecule has 0 saturated carbocycles. The quantitative estimate of drug-likeness (QED) is 0.476. The maximum atomic E-state index is 13.3. The Morgan fingerprint density at radius 2 is 1.82 bits per heavy atom. The van der Waals surface area contributed by atoms with Crippen molar-refractivity contribution in [2.75, 3.05) is 18.6 Å². The highest BCUT2D eigenvalue weighted by atomic mass is 16.5. The van der Waals surface area contributed by atoms with Gasteiger partial charge < -0.3 is 14.2 Å². The van der Waals surface area contributed by atoms with Crippen molar-refractivity contribution in [2.45, 2.75) is 39.7 Å². The van der Waals surface area contributed by atoms with Gasteiger partial charge in [-0.05, 0) is 42.2 Å². The van der Waals surface area contributed by atoms with E-state index in [9.17, 15) is 9.59 Å². The molecule has 0 fully saturated rings. The Morgan fingerprint density at radius 3 is 2.52 bits per heavy atom. The van der Waals surface area contributed by atoms with E-state index in [2.05, 4.69) is 24.5 Å². The number of imidazole rings is 1. The summed E-state index contributed by atoms with van der Waals surface area (Å²) in [6, 6.07) is 13.6. The van der Waals surface area contributed by atoms with E-state index in [4.69, 9.17) is 9.72 Å². The molecule has 168 valence electrons. The van der Waals surface area contributed by atoms with Crippen LogP contribution < -0.4 is 4.90 Å². The number of hydrogen-bond donors (Lipinski definition) is 0. The Balaban J connectivity index is 1.56. The predicted octanol–water partition coefficient (Wildman–Crippen LogP) is 4.70. The molecule has 1 aromatic heterocycles. The molecular formula is C27H27N3O3. The van der Waals surface area contributed by atoms with Gasteiger partial charge in [0.2, 0.25) is 0 Å². The van der Waals surface area contributed by atoms with Gasteiger partial charge in [-0.15, -0.1) is 0 Å². The minimum absolute atomic E-state index is 0.0905. The minimum atomic E-state index is -0.346. The van der Waals surface area contributed by atoms with Gasteiger partial charge in [0, 0.05) is 30.6 Å². The predicted molar refractivity (Wildman–Crippen MR) is 128 cm³/mol. The molecule has 6 heteroatoms. The number of benzene rings is 2. The van der Waals surface area contributed by atoms with Crippen molar-refractivity contribution in [1.82, 2.24) is 9.55 Å². The van der Waals surface area contributed by atoms with Crippen molar-refractivity contribution in [3.63, 3.8) is 0 Å². The highest BCUT2D eigenvalue weighted by molar-refractivity contribution is 6.44. The van der Waals surface area contributed by atoms with Crippen molar-refractivity contribution in [1.29, 1.82) is 0 Å². The Hall–Kier alpha value is -3.67. The first-order valence-corrected chi connectivity index (χ1v) is 11.5. The molecule has 2 aliphatic rings. The van der Waals surface area contributed by atoms with Gasteiger partial charge >= 0.3 is 5.97 Å². The van der Waals surface area contributed by atoms with Crippen LogP contribution in [-0.2, 0) is 22.5 Å². The number of anilines is 1. The molecule has 1 amide bonds.